The minimum atomic E-state index is 0.687. The smallest absolute Gasteiger partial charge is 0.123 e. The summed E-state index contributed by atoms with van der Waals surface area (Å²) in [5.41, 5.74) is 3.38. The van der Waals surface area contributed by atoms with Crippen LogP contribution in [0.15, 0.2) is 42.5 Å². The molecule has 2 rings (SSSR count). The van der Waals surface area contributed by atoms with Crippen molar-refractivity contribution in [3.05, 3.63) is 58.6 Å². The van der Waals surface area contributed by atoms with E-state index >= 15 is 0 Å². The normalized spacial score (nSPS) is 10.2. The number of rotatable bonds is 4. The van der Waals surface area contributed by atoms with Crippen molar-refractivity contribution in [2.75, 3.05) is 12.4 Å². The summed E-state index contributed by atoms with van der Waals surface area (Å²) in [5, 5.41) is 4.07. The SMILES string of the molecule is COc1ccc(Cl)cc1CNc1ccc(C)cc1. The van der Waals surface area contributed by atoms with Crippen LogP contribution < -0.4 is 10.1 Å². The quantitative estimate of drug-likeness (QED) is 0.888. The number of halogens is 1. The first-order chi connectivity index (χ1) is 8.69. The first-order valence-electron chi connectivity index (χ1n) is 5.82. The fourth-order valence-electron chi connectivity index (χ4n) is 1.75. The molecule has 1 N–H and O–H groups in total. The van der Waals surface area contributed by atoms with E-state index in [2.05, 4.69) is 36.5 Å². The second-order valence-electron chi connectivity index (χ2n) is 4.18. The summed E-state index contributed by atoms with van der Waals surface area (Å²) in [6.45, 7) is 2.76. The zero-order valence-electron chi connectivity index (χ0n) is 10.5. The van der Waals surface area contributed by atoms with Gasteiger partial charge in [0.15, 0.2) is 0 Å². The van der Waals surface area contributed by atoms with Crippen LogP contribution in [0.25, 0.3) is 0 Å². The van der Waals surface area contributed by atoms with Gasteiger partial charge in [-0.2, -0.15) is 0 Å². The van der Waals surface area contributed by atoms with E-state index in [0.29, 0.717) is 6.54 Å². The third-order valence-corrected chi connectivity index (χ3v) is 3.01. The van der Waals surface area contributed by atoms with Gasteiger partial charge < -0.3 is 10.1 Å². The van der Waals surface area contributed by atoms with Gasteiger partial charge in [-0.3, -0.25) is 0 Å². The van der Waals surface area contributed by atoms with Gasteiger partial charge in [-0.15, -0.1) is 0 Å². The summed E-state index contributed by atoms with van der Waals surface area (Å²) in [6, 6.07) is 13.9. The van der Waals surface area contributed by atoms with Gasteiger partial charge in [0, 0.05) is 22.8 Å². The maximum absolute atomic E-state index is 5.99. The molecule has 0 atom stereocenters. The molecule has 0 amide bonds. The summed E-state index contributed by atoms with van der Waals surface area (Å²) < 4.78 is 5.31. The molecule has 2 nitrogen and oxygen atoms in total. The van der Waals surface area contributed by atoms with E-state index in [-0.39, 0.29) is 0 Å². The van der Waals surface area contributed by atoms with Crippen LogP contribution in [0.3, 0.4) is 0 Å². The van der Waals surface area contributed by atoms with Gasteiger partial charge in [0.2, 0.25) is 0 Å². The van der Waals surface area contributed by atoms with Crippen molar-refractivity contribution < 1.29 is 4.74 Å². The van der Waals surface area contributed by atoms with Crippen molar-refractivity contribution in [2.24, 2.45) is 0 Å². The van der Waals surface area contributed by atoms with Gasteiger partial charge in [0.25, 0.3) is 0 Å². The Morgan fingerprint density at radius 1 is 1.11 bits per heavy atom. The Bertz CT molecular complexity index is 523. The van der Waals surface area contributed by atoms with Crippen molar-refractivity contribution in [1.29, 1.82) is 0 Å². The monoisotopic (exact) mass is 261 g/mol. The second kappa shape index (κ2) is 5.78. The van der Waals surface area contributed by atoms with Crippen molar-refractivity contribution in [3.63, 3.8) is 0 Å². The van der Waals surface area contributed by atoms with Crippen LogP contribution in [0, 0.1) is 6.92 Å². The first kappa shape index (κ1) is 12.8. The van der Waals surface area contributed by atoms with Crippen molar-refractivity contribution >= 4 is 17.3 Å². The Morgan fingerprint density at radius 2 is 1.83 bits per heavy atom. The predicted molar refractivity (Wildman–Crippen MR) is 76.5 cm³/mol. The minimum Gasteiger partial charge on any atom is -0.496 e. The molecule has 3 heteroatoms. The van der Waals surface area contributed by atoms with E-state index in [1.54, 1.807) is 7.11 Å². The molecule has 0 unspecified atom stereocenters. The second-order valence-corrected chi connectivity index (χ2v) is 4.61. The number of aryl methyl sites for hydroxylation is 1. The molecule has 0 fully saturated rings. The number of hydrogen-bond acceptors (Lipinski definition) is 2. The molecule has 0 aliphatic carbocycles. The molecule has 2 aromatic rings. The molecule has 0 aromatic heterocycles. The Hall–Kier alpha value is -1.67. The largest absolute Gasteiger partial charge is 0.496 e. The Labute approximate surface area is 113 Å². The molecule has 94 valence electrons. The number of anilines is 1. The standard InChI is InChI=1S/C15H16ClNO/c1-11-3-6-14(7-4-11)17-10-12-9-13(16)5-8-15(12)18-2/h3-9,17H,10H2,1-2H3. The summed E-state index contributed by atoms with van der Waals surface area (Å²) in [6.07, 6.45) is 0. The number of ether oxygens (including phenoxy) is 1. The van der Waals surface area contributed by atoms with Gasteiger partial charge in [-0.05, 0) is 37.3 Å². The highest BCUT2D eigenvalue weighted by atomic mass is 35.5. The maximum Gasteiger partial charge on any atom is 0.123 e. The van der Waals surface area contributed by atoms with E-state index < -0.39 is 0 Å². The van der Waals surface area contributed by atoms with Crippen LogP contribution in [0.2, 0.25) is 5.02 Å². The zero-order chi connectivity index (χ0) is 13.0. The average Bonchev–Trinajstić information content (AvgIpc) is 2.38. The lowest BCUT2D eigenvalue weighted by Gasteiger charge is -2.11. The molecule has 0 aliphatic heterocycles. The van der Waals surface area contributed by atoms with E-state index in [1.165, 1.54) is 5.56 Å². The van der Waals surface area contributed by atoms with E-state index in [0.717, 1.165) is 22.0 Å². The molecule has 0 bridgehead atoms. The molecule has 0 heterocycles. The summed E-state index contributed by atoms with van der Waals surface area (Å²) in [5.74, 6) is 0.846. The average molecular weight is 262 g/mol. The van der Waals surface area contributed by atoms with Crippen molar-refractivity contribution in [3.8, 4) is 5.75 Å². The molecule has 0 spiro atoms. The van der Waals surface area contributed by atoms with E-state index in [4.69, 9.17) is 16.3 Å². The maximum atomic E-state index is 5.99. The van der Waals surface area contributed by atoms with Crippen LogP contribution in [-0.2, 0) is 6.54 Å². The summed E-state index contributed by atoms with van der Waals surface area (Å²) in [7, 11) is 1.67. The number of methoxy groups -OCH3 is 1. The topological polar surface area (TPSA) is 21.3 Å². The fraction of sp³-hybridized carbons (Fsp3) is 0.200. The molecule has 2 aromatic carbocycles. The summed E-state index contributed by atoms with van der Waals surface area (Å²) in [4.78, 5) is 0. The molecule has 18 heavy (non-hydrogen) atoms. The molecular formula is C15H16ClNO. The lowest BCUT2D eigenvalue weighted by atomic mass is 10.2. The predicted octanol–water partition coefficient (Wildman–Crippen LogP) is 4.27. The molecular weight excluding hydrogens is 246 g/mol. The fourth-order valence-corrected chi connectivity index (χ4v) is 1.95. The number of hydrogen-bond donors (Lipinski definition) is 1. The van der Waals surface area contributed by atoms with Gasteiger partial charge in [-0.1, -0.05) is 29.3 Å². The van der Waals surface area contributed by atoms with Crippen LogP contribution in [0.4, 0.5) is 5.69 Å². The van der Waals surface area contributed by atoms with Gasteiger partial charge in [0.05, 0.1) is 7.11 Å². The highest BCUT2D eigenvalue weighted by Gasteiger charge is 2.03. The van der Waals surface area contributed by atoms with E-state index in [9.17, 15) is 0 Å². The Kier molecular flexibility index (Phi) is 4.11. The number of nitrogens with one attached hydrogen (secondary N) is 1. The van der Waals surface area contributed by atoms with Crippen LogP contribution >= 0.6 is 11.6 Å². The molecule has 0 saturated heterocycles. The Morgan fingerprint density at radius 3 is 2.50 bits per heavy atom. The molecule has 0 saturated carbocycles. The third kappa shape index (κ3) is 3.17. The minimum absolute atomic E-state index is 0.687. The number of benzene rings is 2. The first-order valence-corrected chi connectivity index (χ1v) is 6.20. The summed E-state index contributed by atoms with van der Waals surface area (Å²) >= 11 is 5.99. The van der Waals surface area contributed by atoms with E-state index in [1.807, 2.05) is 18.2 Å². The van der Waals surface area contributed by atoms with Gasteiger partial charge in [0.1, 0.15) is 5.75 Å². The van der Waals surface area contributed by atoms with Crippen LogP contribution in [0.1, 0.15) is 11.1 Å². The van der Waals surface area contributed by atoms with Crippen LogP contribution in [0.5, 0.6) is 5.75 Å². The lowest BCUT2D eigenvalue weighted by molar-refractivity contribution is 0.410. The Balaban J connectivity index is 2.09. The molecule has 0 radical (unpaired) electrons. The highest BCUT2D eigenvalue weighted by Crippen LogP contribution is 2.23. The molecule has 0 aliphatic rings. The third-order valence-electron chi connectivity index (χ3n) is 2.78. The van der Waals surface area contributed by atoms with Gasteiger partial charge >= 0.3 is 0 Å². The highest BCUT2D eigenvalue weighted by molar-refractivity contribution is 6.30. The zero-order valence-corrected chi connectivity index (χ0v) is 11.3. The van der Waals surface area contributed by atoms with Crippen LogP contribution in [-0.4, -0.2) is 7.11 Å². The van der Waals surface area contributed by atoms with Gasteiger partial charge in [-0.25, -0.2) is 0 Å². The van der Waals surface area contributed by atoms with Crippen molar-refractivity contribution in [1.82, 2.24) is 0 Å². The lowest BCUT2D eigenvalue weighted by Crippen LogP contribution is -2.01. The van der Waals surface area contributed by atoms with Crippen molar-refractivity contribution in [2.45, 2.75) is 13.5 Å².